The summed E-state index contributed by atoms with van der Waals surface area (Å²) in [5.41, 5.74) is 0.608. The Morgan fingerprint density at radius 1 is 1.00 bits per heavy atom. The summed E-state index contributed by atoms with van der Waals surface area (Å²) in [5.74, 6) is -0.795. The molecule has 1 aliphatic rings. The van der Waals surface area contributed by atoms with E-state index in [4.69, 9.17) is 9.15 Å². The normalized spacial score (nSPS) is 14.0. The Bertz CT molecular complexity index is 1430. The molecule has 168 valence electrons. The van der Waals surface area contributed by atoms with Gasteiger partial charge in [0.2, 0.25) is 5.76 Å². The third kappa shape index (κ3) is 3.66. The number of fused-ring (bicyclic) bond motifs is 2. The minimum Gasteiger partial charge on any atom is -0.449 e. The first kappa shape index (κ1) is 20.9. The molecule has 1 aliphatic heterocycles. The molecule has 0 aliphatic carbocycles. The van der Waals surface area contributed by atoms with Gasteiger partial charge in [-0.15, -0.1) is 0 Å². The molecule has 0 radical (unpaired) electrons. The maximum absolute atomic E-state index is 13.4. The summed E-state index contributed by atoms with van der Waals surface area (Å²) in [7, 11) is 0. The molecule has 9 heteroatoms. The smallest absolute Gasteiger partial charge is 0.291 e. The van der Waals surface area contributed by atoms with Crippen molar-refractivity contribution in [2.45, 2.75) is 13.5 Å². The fraction of sp³-hybridized carbons (Fsp3) is 0.250. The summed E-state index contributed by atoms with van der Waals surface area (Å²) in [6, 6.07) is 14.0. The number of hydrogen-bond acceptors (Lipinski definition) is 6. The molecule has 0 unspecified atom stereocenters. The van der Waals surface area contributed by atoms with Crippen molar-refractivity contribution in [3.05, 3.63) is 70.3 Å². The van der Waals surface area contributed by atoms with Crippen LogP contribution in [0.2, 0.25) is 0 Å². The van der Waals surface area contributed by atoms with Gasteiger partial charge in [0.05, 0.1) is 18.6 Å². The van der Waals surface area contributed by atoms with E-state index in [-0.39, 0.29) is 28.6 Å². The Kier molecular flexibility index (Phi) is 5.39. The minimum absolute atomic E-state index is 0.0552. The van der Waals surface area contributed by atoms with Gasteiger partial charge in [0, 0.05) is 30.4 Å². The average Bonchev–Trinajstić information content (AvgIpc) is 3.22. The third-order valence-electron chi connectivity index (χ3n) is 5.71. The van der Waals surface area contributed by atoms with Crippen molar-refractivity contribution in [3.63, 3.8) is 0 Å². The molecule has 0 spiro atoms. The van der Waals surface area contributed by atoms with Gasteiger partial charge in [0.15, 0.2) is 5.69 Å². The standard InChI is InChI=1S/C24H22N4O5/c1-2-28-23(30)16-8-4-3-7-15(16)20(26-28)22(29)25-19-17-9-5-6-10-18(17)33-21(19)24(31)27-11-13-32-14-12-27/h3-10H,2,11-14H2,1H3,(H,25,29). The lowest BCUT2D eigenvalue weighted by Crippen LogP contribution is -2.40. The molecule has 1 N–H and O–H groups in total. The van der Waals surface area contributed by atoms with Crippen molar-refractivity contribution in [1.29, 1.82) is 0 Å². The van der Waals surface area contributed by atoms with Crippen LogP contribution >= 0.6 is 0 Å². The Hall–Kier alpha value is -3.98. The summed E-state index contributed by atoms with van der Waals surface area (Å²) in [6.07, 6.45) is 0. The van der Waals surface area contributed by atoms with Crippen molar-refractivity contribution in [1.82, 2.24) is 14.7 Å². The van der Waals surface area contributed by atoms with E-state index in [9.17, 15) is 14.4 Å². The van der Waals surface area contributed by atoms with Crippen LogP contribution in [0.3, 0.4) is 0 Å². The number of aryl methyl sites for hydroxylation is 1. The van der Waals surface area contributed by atoms with Gasteiger partial charge in [-0.3, -0.25) is 14.4 Å². The molecule has 1 fully saturated rings. The molecule has 33 heavy (non-hydrogen) atoms. The first-order chi connectivity index (χ1) is 16.1. The Balaban J connectivity index is 1.60. The number of para-hydroxylation sites is 1. The summed E-state index contributed by atoms with van der Waals surface area (Å²) < 4.78 is 12.5. The van der Waals surface area contributed by atoms with Crippen LogP contribution in [0.25, 0.3) is 21.7 Å². The number of carbonyl (C=O) groups is 2. The van der Waals surface area contributed by atoms with E-state index in [0.717, 1.165) is 0 Å². The van der Waals surface area contributed by atoms with Crippen LogP contribution < -0.4 is 10.9 Å². The van der Waals surface area contributed by atoms with Gasteiger partial charge in [-0.1, -0.05) is 30.3 Å². The summed E-state index contributed by atoms with van der Waals surface area (Å²) >= 11 is 0. The number of anilines is 1. The number of benzene rings is 2. The predicted molar refractivity (Wildman–Crippen MR) is 123 cm³/mol. The van der Waals surface area contributed by atoms with E-state index in [2.05, 4.69) is 10.4 Å². The van der Waals surface area contributed by atoms with Crippen molar-refractivity contribution < 1.29 is 18.7 Å². The summed E-state index contributed by atoms with van der Waals surface area (Å²) in [6.45, 7) is 3.88. The van der Waals surface area contributed by atoms with Crippen molar-refractivity contribution in [2.75, 3.05) is 31.6 Å². The second kappa shape index (κ2) is 8.51. The highest BCUT2D eigenvalue weighted by Crippen LogP contribution is 2.32. The van der Waals surface area contributed by atoms with Gasteiger partial charge in [0.1, 0.15) is 11.3 Å². The molecule has 0 saturated carbocycles. The monoisotopic (exact) mass is 446 g/mol. The molecular weight excluding hydrogens is 424 g/mol. The molecular formula is C24H22N4O5. The van der Waals surface area contributed by atoms with E-state index in [1.807, 2.05) is 0 Å². The van der Waals surface area contributed by atoms with E-state index in [1.165, 1.54) is 4.68 Å². The van der Waals surface area contributed by atoms with Gasteiger partial charge >= 0.3 is 0 Å². The first-order valence-electron chi connectivity index (χ1n) is 10.8. The van der Waals surface area contributed by atoms with E-state index in [0.29, 0.717) is 54.6 Å². The van der Waals surface area contributed by atoms with Crippen LogP contribution in [0.5, 0.6) is 0 Å². The number of nitrogens with zero attached hydrogens (tertiary/aromatic N) is 3. The highest BCUT2D eigenvalue weighted by Gasteiger charge is 2.28. The van der Waals surface area contributed by atoms with Crippen molar-refractivity contribution >= 4 is 39.2 Å². The van der Waals surface area contributed by atoms with Crippen LogP contribution in [-0.2, 0) is 11.3 Å². The molecule has 3 heterocycles. The number of rotatable bonds is 4. The largest absolute Gasteiger partial charge is 0.449 e. The van der Waals surface area contributed by atoms with Crippen LogP contribution in [-0.4, -0.2) is 52.8 Å². The molecule has 2 aromatic carbocycles. The molecule has 9 nitrogen and oxygen atoms in total. The lowest BCUT2D eigenvalue weighted by Gasteiger charge is -2.26. The van der Waals surface area contributed by atoms with Crippen molar-refractivity contribution in [2.24, 2.45) is 0 Å². The number of ether oxygens (including phenoxy) is 1. The Morgan fingerprint density at radius 2 is 1.67 bits per heavy atom. The second-order valence-electron chi connectivity index (χ2n) is 7.68. The number of hydrogen-bond donors (Lipinski definition) is 1. The number of aromatic nitrogens is 2. The van der Waals surface area contributed by atoms with Gasteiger partial charge in [0.25, 0.3) is 17.4 Å². The maximum Gasteiger partial charge on any atom is 0.291 e. The van der Waals surface area contributed by atoms with Crippen LogP contribution in [0, 0.1) is 0 Å². The number of carbonyl (C=O) groups excluding carboxylic acids is 2. The lowest BCUT2D eigenvalue weighted by molar-refractivity contribution is 0.0285. The van der Waals surface area contributed by atoms with E-state index in [1.54, 1.807) is 60.4 Å². The average molecular weight is 446 g/mol. The molecule has 0 bridgehead atoms. The number of morpholine rings is 1. The number of furan rings is 1. The molecule has 2 aromatic heterocycles. The van der Waals surface area contributed by atoms with Crippen LogP contribution in [0.4, 0.5) is 5.69 Å². The van der Waals surface area contributed by atoms with Gasteiger partial charge in [-0.25, -0.2) is 4.68 Å². The van der Waals surface area contributed by atoms with Gasteiger partial charge < -0.3 is 19.4 Å². The van der Waals surface area contributed by atoms with Crippen LogP contribution in [0.15, 0.2) is 57.7 Å². The second-order valence-corrected chi connectivity index (χ2v) is 7.68. The summed E-state index contributed by atoms with van der Waals surface area (Å²) in [5, 5.41) is 8.59. The minimum atomic E-state index is -0.531. The highest BCUT2D eigenvalue weighted by molar-refractivity contribution is 6.17. The molecule has 0 atom stereocenters. The fourth-order valence-corrected chi connectivity index (χ4v) is 4.02. The van der Waals surface area contributed by atoms with Crippen molar-refractivity contribution in [3.8, 4) is 0 Å². The fourth-order valence-electron chi connectivity index (χ4n) is 4.02. The zero-order valence-corrected chi connectivity index (χ0v) is 18.0. The molecule has 5 rings (SSSR count). The maximum atomic E-state index is 13.4. The Morgan fingerprint density at radius 3 is 2.39 bits per heavy atom. The highest BCUT2D eigenvalue weighted by atomic mass is 16.5. The molecule has 1 saturated heterocycles. The van der Waals surface area contributed by atoms with Gasteiger partial charge in [-0.2, -0.15) is 5.10 Å². The van der Waals surface area contributed by atoms with Crippen LogP contribution in [0.1, 0.15) is 28.0 Å². The SMILES string of the molecule is CCn1nc(C(=O)Nc2c(C(=O)N3CCOCC3)oc3ccccc23)c2ccccc2c1=O. The molecule has 4 aromatic rings. The number of nitrogens with one attached hydrogen (secondary N) is 1. The Labute approximate surface area is 188 Å². The topological polar surface area (TPSA) is 107 Å². The molecule has 2 amide bonds. The predicted octanol–water partition coefficient (Wildman–Crippen LogP) is 2.89. The third-order valence-corrected chi connectivity index (χ3v) is 5.71. The van der Waals surface area contributed by atoms with Gasteiger partial charge in [-0.05, 0) is 25.1 Å². The first-order valence-corrected chi connectivity index (χ1v) is 10.8. The quantitative estimate of drug-likeness (QED) is 0.517. The van der Waals surface area contributed by atoms with E-state index < -0.39 is 5.91 Å². The number of amides is 2. The summed E-state index contributed by atoms with van der Waals surface area (Å²) in [4.78, 5) is 40.9. The lowest BCUT2D eigenvalue weighted by atomic mass is 10.1. The van der Waals surface area contributed by atoms with E-state index >= 15 is 0 Å². The zero-order valence-electron chi connectivity index (χ0n) is 18.0. The zero-order chi connectivity index (χ0) is 22.9.